The van der Waals surface area contributed by atoms with Crippen molar-refractivity contribution >= 4 is 74.9 Å². The minimum atomic E-state index is 0. The number of rotatable bonds is 2. The molecule has 0 aromatic carbocycles. The monoisotopic (exact) mass is 757 g/mol. The molecule has 0 unspecified atom stereocenters. The Bertz CT molecular complexity index is 91.5. The third-order valence-corrected chi connectivity index (χ3v) is 2.00. The fourth-order valence-corrected chi connectivity index (χ4v) is 0. The van der Waals surface area contributed by atoms with Crippen LogP contribution in [0.2, 0.25) is 0 Å². The molecule has 0 aromatic heterocycles. The van der Waals surface area contributed by atoms with Crippen LogP contribution in [0.15, 0.2) is 0 Å². The first-order valence-electron chi connectivity index (χ1n) is 4.04. The van der Waals surface area contributed by atoms with Gasteiger partial charge in [-0.25, -0.2) is 0 Å². The Kier molecular flexibility index (Phi) is 209. The third kappa shape index (κ3) is 152. The predicted octanol–water partition coefficient (Wildman–Crippen LogP) is 0.827. The maximum atomic E-state index is 8.33. The summed E-state index contributed by atoms with van der Waals surface area (Å²) in [4.78, 5) is 0. The molecule has 0 aliphatic carbocycles. The summed E-state index contributed by atoms with van der Waals surface area (Å²) in [6.07, 6.45) is 0. The van der Waals surface area contributed by atoms with Crippen LogP contribution in [-0.2, 0) is 71.6 Å². The second-order valence-corrected chi connectivity index (χ2v) is 3.79. The molecule has 0 rings (SSSR count). The summed E-state index contributed by atoms with van der Waals surface area (Å²) in [6, 6.07) is 0. The van der Waals surface area contributed by atoms with Crippen LogP contribution < -0.4 is 12.4 Å². The quantitative estimate of drug-likeness (QED) is 0.392. The van der Waals surface area contributed by atoms with E-state index in [2.05, 4.69) is 53.0 Å². The van der Waals surface area contributed by atoms with Gasteiger partial charge in [-0.1, -0.05) is 39.5 Å². The topological polar surface area (TPSA) is 34.1 Å². The fraction of sp³-hybridized carbons (Fsp3) is 1.00. The second-order valence-electron chi connectivity index (χ2n) is 3.12. The van der Waals surface area contributed by atoms with Crippen LogP contribution in [0.25, 0.3) is 0 Å². The van der Waals surface area contributed by atoms with Crippen molar-refractivity contribution in [1.82, 2.24) is 0 Å². The summed E-state index contributed by atoms with van der Waals surface area (Å²) in [5.74, 6) is 3.18. The van der Waals surface area contributed by atoms with Gasteiger partial charge in [0.2, 0.25) is 0 Å². The zero-order chi connectivity index (χ0) is 12.6. The van der Waals surface area contributed by atoms with Gasteiger partial charge in [0.25, 0.3) is 0 Å². The summed E-state index contributed by atoms with van der Waals surface area (Å²) < 4.78 is 16.7. The molecule has 0 aliphatic heterocycles. The Balaban J connectivity index is -0.00000000984. The van der Waals surface area contributed by atoms with Gasteiger partial charge >= 0.3 is 46.3 Å². The van der Waals surface area contributed by atoms with Crippen LogP contribution in [-0.4, -0.2) is 11.5 Å². The maximum absolute atomic E-state index is 8.33. The summed E-state index contributed by atoms with van der Waals surface area (Å²) >= 11 is 10.0. The molecular weight excluding hydrogens is 737 g/mol. The molecule has 2 nitrogen and oxygen atoms in total. The molecule has 0 spiro atoms. The Hall–Kier alpha value is 3.13. The van der Waals surface area contributed by atoms with Crippen molar-refractivity contribution in [2.24, 2.45) is 11.8 Å². The second kappa shape index (κ2) is 69.1. The van der Waals surface area contributed by atoms with E-state index in [0.29, 0.717) is 51.4 Å². The Morgan fingerprint density at radius 2 is 0.842 bits per heavy atom. The molecule has 0 atom stereocenters. The van der Waals surface area contributed by atoms with E-state index in [-0.39, 0.29) is 62.0 Å². The first kappa shape index (κ1) is 57.3. The molecule has 0 saturated heterocycles. The van der Waals surface area contributed by atoms with Crippen LogP contribution in [0.5, 0.6) is 0 Å². The standard InChI is InChI=1S/2C4H10S.5ClH.2O.2W/c2*1-4(2)3-5;;;;;;;;;/h2*4-5H,3H2,1-2H3;5*1H;;;;/q;;;;;;;;;;-1/p-3. The van der Waals surface area contributed by atoms with Gasteiger partial charge in [0.05, 0.1) is 0 Å². The van der Waals surface area contributed by atoms with Crippen molar-refractivity contribution in [3.63, 3.8) is 0 Å². The van der Waals surface area contributed by atoms with Crippen molar-refractivity contribution in [3.05, 3.63) is 0 Å². The van der Waals surface area contributed by atoms with E-state index in [1.54, 1.807) is 0 Å². The van der Waals surface area contributed by atoms with Gasteiger partial charge in [0.15, 0.2) is 0 Å². The molecule has 0 saturated carbocycles. The molecule has 0 aliphatic rings. The van der Waals surface area contributed by atoms with Crippen molar-refractivity contribution in [3.8, 4) is 0 Å². The summed E-state index contributed by atoms with van der Waals surface area (Å²) in [5, 5.41) is 0. The van der Waals surface area contributed by atoms with Crippen LogP contribution in [0.3, 0.4) is 0 Å². The van der Waals surface area contributed by atoms with Crippen LogP contribution in [0.1, 0.15) is 27.7 Å². The summed E-state index contributed by atoms with van der Waals surface area (Å²) in [6.45, 7) is 8.47. The van der Waals surface area contributed by atoms with Crippen molar-refractivity contribution in [1.29, 1.82) is 0 Å². The van der Waals surface area contributed by atoms with E-state index >= 15 is 0 Å². The Morgan fingerprint density at radius 1 is 0.789 bits per heavy atom. The summed E-state index contributed by atoms with van der Waals surface area (Å²) in [7, 11) is 0. The van der Waals surface area contributed by atoms with E-state index in [9.17, 15) is 0 Å². The zero-order valence-electron chi connectivity index (χ0n) is 11.0. The van der Waals surface area contributed by atoms with Crippen LogP contribution in [0, 0.1) is 11.8 Å². The van der Waals surface area contributed by atoms with Crippen molar-refractivity contribution < 1.29 is 58.8 Å². The van der Waals surface area contributed by atoms with E-state index < -0.39 is 0 Å². The Morgan fingerprint density at radius 3 is 0.842 bits per heavy atom. The molecule has 19 heavy (non-hydrogen) atoms. The molecule has 11 heteroatoms. The zero-order valence-corrected chi connectivity index (χ0v) is 22.6. The SMILES string of the molecule is CC(C)C[S-].CC(C)C[S-].Cl.Cl.Cl.Cl.[Cl-].[O]=[W-].[O]=[W]. The average Bonchev–Trinajstić information content (AvgIpc) is 2.24. The van der Waals surface area contributed by atoms with Crippen molar-refractivity contribution in [2.75, 3.05) is 11.5 Å². The van der Waals surface area contributed by atoms with E-state index in [1.165, 1.54) is 0 Å². The molecule has 0 radical (unpaired) electrons. The normalized spacial score (nSPS) is 5.47. The summed E-state index contributed by atoms with van der Waals surface area (Å²) in [5.41, 5.74) is 0. The first-order chi connectivity index (χ1) is 6.54. The van der Waals surface area contributed by atoms with E-state index in [4.69, 9.17) is 6.80 Å². The van der Waals surface area contributed by atoms with Gasteiger partial charge in [0.1, 0.15) is 0 Å². The van der Waals surface area contributed by atoms with Gasteiger partial charge in [0, 0.05) is 0 Å². The molecule has 0 aromatic rings. The molecule has 0 N–H and O–H groups in total. The van der Waals surface area contributed by atoms with Crippen LogP contribution in [0.4, 0.5) is 0 Å². The van der Waals surface area contributed by atoms with E-state index in [1.807, 2.05) is 0 Å². The van der Waals surface area contributed by atoms with Crippen molar-refractivity contribution in [2.45, 2.75) is 27.7 Å². The number of hydrogen-bond donors (Lipinski definition) is 0. The molecule has 129 valence electrons. The van der Waals surface area contributed by atoms with E-state index in [0.717, 1.165) is 11.5 Å². The molecule has 0 amide bonds. The number of halogens is 5. The van der Waals surface area contributed by atoms with Crippen LogP contribution >= 0.6 is 49.6 Å². The Labute approximate surface area is 182 Å². The van der Waals surface area contributed by atoms with Gasteiger partial charge in [-0.2, -0.15) is 11.5 Å². The predicted molar refractivity (Wildman–Crippen MR) is 84.5 cm³/mol. The van der Waals surface area contributed by atoms with Gasteiger partial charge in [-0.3, -0.25) is 0 Å². The van der Waals surface area contributed by atoms with Gasteiger partial charge < -0.3 is 37.7 Å². The average molecular weight is 759 g/mol. The number of hydrogen-bond acceptors (Lipinski definition) is 4. The minimum absolute atomic E-state index is 0. The molecule has 0 fully saturated rings. The first-order valence-corrected chi connectivity index (χ1v) is 7.59. The molecule has 0 heterocycles. The molecular formula is C8H22Cl5O2S2W2-4. The fourth-order valence-electron chi connectivity index (χ4n) is 0. The molecule has 0 bridgehead atoms. The third-order valence-electron chi connectivity index (χ3n) is 0.667. The van der Waals surface area contributed by atoms with Gasteiger partial charge in [-0.05, 0) is 0 Å². The van der Waals surface area contributed by atoms with Gasteiger partial charge in [-0.15, -0.1) is 49.6 Å².